The highest BCUT2D eigenvalue weighted by Crippen LogP contribution is 2.44. The van der Waals surface area contributed by atoms with Crippen LogP contribution in [0.4, 0.5) is 4.79 Å². The normalized spacial score (nSPS) is 19.8. The third kappa shape index (κ3) is 4.51. The van der Waals surface area contributed by atoms with Gasteiger partial charge in [-0.2, -0.15) is 0 Å². The summed E-state index contributed by atoms with van der Waals surface area (Å²) in [5.74, 6) is -1.64. The number of ether oxygens (including phenoxy) is 1. The number of aliphatic carboxylic acids is 1. The fraction of sp³-hybridized carbons (Fsp3) is 0.464. The number of nitrogens with one attached hydrogen (secondary N) is 1. The van der Waals surface area contributed by atoms with E-state index in [1.54, 1.807) is 0 Å². The Morgan fingerprint density at radius 3 is 2.23 bits per heavy atom. The zero-order valence-corrected chi connectivity index (χ0v) is 20.6. The van der Waals surface area contributed by atoms with E-state index in [0.29, 0.717) is 32.2 Å². The van der Waals surface area contributed by atoms with Gasteiger partial charge < -0.3 is 20.1 Å². The van der Waals surface area contributed by atoms with Gasteiger partial charge in [-0.15, -0.1) is 0 Å². The van der Waals surface area contributed by atoms with E-state index in [2.05, 4.69) is 17.4 Å². The highest BCUT2D eigenvalue weighted by atomic mass is 16.5. The van der Waals surface area contributed by atoms with Gasteiger partial charge in [0.25, 0.3) is 0 Å². The van der Waals surface area contributed by atoms with E-state index < -0.39 is 23.6 Å². The molecule has 2 atom stereocenters. The first kappa shape index (κ1) is 24.8. The zero-order valence-electron chi connectivity index (χ0n) is 20.6. The van der Waals surface area contributed by atoms with Crippen molar-refractivity contribution in [1.82, 2.24) is 10.2 Å². The molecule has 0 bridgehead atoms. The van der Waals surface area contributed by atoms with Crippen molar-refractivity contribution in [2.75, 3.05) is 13.2 Å². The number of likely N-dealkylation sites (tertiary alicyclic amines) is 1. The van der Waals surface area contributed by atoms with Crippen molar-refractivity contribution in [3.05, 3.63) is 59.7 Å². The van der Waals surface area contributed by atoms with Crippen molar-refractivity contribution in [1.29, 1.82) is 0 Å². The largest absolute Gasteiger partial charge is 0.479 e. The van der Waals surface area contributed by atoms with E-state index in [1.807, 2.05) is 57.2 Å². The van der Waals surface area contributed by atoms with Crippen LogP contribution in [0, 0.1) is 5.92 Å². The number of hydrogen-bond donors (Lipinski definition) is 2. The topological polar surface area (TPSA) is 95.9 Å². The summed E-state index contributed by atoms with van der Waals surface area (Å²) in [4.78, 5) is 40.0. The van der Waals surface area contributed by atoms with Crippen molar-refractivity contribution < 1.29 is 24.2 Å². The first-order chi connectivity index (χ1) is 16.8. The summed E-state index contributed by atoms with van der Waals surface area (Å²) in [6, 6.07) is 15.3. The SMILES string of the molecule is CCCC1(C(=O)O)CCCN1C(=O)[C@H](NC(=O)OCC1c2ccccc2-c2ccccc21)C(C)C. The van der Waals surface area contributed by atoms with Crippen LogP contribution in [0.25, 0.3) is 11.1 Å². The lowest BCUT2D eigenvalue weighted by Crippen LogP contribution is -2.59. The number of carbonyl (C=O) groups excluding carboxylic acids is 2. The minimum Gasteiger partial charge on any atom is -0.479 e. The second-order valence-electron chi connectivity index (χ2n) is 9.87. The van der Waals surface area contributed by atoms with Crippen LogP contribution < -0.4 is 5.32 Å². The summed E-state index contributed by atoms with van der Waals surface area (Å²) in [7, 11) is 0. The quantitative estimate of drug-likeness (QED) is 0.568. The second-order valence-corrected chi connectivity index (χ2v) is 9.87. The van der Waals surface area contributed by atoms with Crippen molar-refractivity contribution in [3.63, 3.8) is 0 Å². The molecule has 1 heterocycles. The summed E-state index contributed by atoms with van der Waals surface area (Å²) >= 11 is 0. The molecule has 2 amide bonds. The minimum atomic E-state index is -1.21. The fourth-order valence-corrected chi connectivity index (χ4v) is 5.65. The molecule has 35 heavy (non-hydrogen) atoms. The highest BCUT2D eigenvalue weighted by Gasteiger charge is 2.50. The molecule has 2 N–H and O–H groups in total. The van der Waals surface area contributed by atoms with Crippen molar-refractivity contribution in [2.45, 2.75) is 64.0 Å². The second kappa shape index (κ2) is 10.1. The Morgan fingerprint density at radius 2 is 1.69 bits per heavy atom. The van der Waals surface area contributed by atoms with Gasteiger partial charge in [0, 0.05) is 12.5 Å². The predicted octanol–water partition coefficient (Wildman–Crippen LogP) is 4.80. The number of amides is 2. The molecule has 2 aromatic carbocycles. The van der Waals surface area contributed by atoms with Gasteiger partial charge in [0.05, 0.1) is 0 Å². The molecule has 7 heteroatoms. The van der Waals surface area contributed by atoms with E-state index in [9.17, 15) is 19.5 Å². The van der Waals surface area contributed by atoms with Gasteiger partial charge in [-0.25, -0.2) is 9.59 Å². The van der Waals surface area contributed by atoms with Crippen LogP contribution in [-0.2, 0) is 14.3 Å². The number of carboxylic acid groups (broad SMARTS) is 1. The number of benzene rings is 2. The number of nitrogens with zero attached hydrogens (tertiary/aromatic N) is 1. The summed E-state index contributed by atoms with van der Waals surface area (Å²) < 4.78 is 5.64. The van der Waals surface area contributed by atoms with Gasteiger partial charge in [0.1, 0.15) is 18.2 Å². The molecule has 0 aromatic heterocycles. The molecule has 2 aromatic rings. The number of alkyl carbamates (subject to hydrolysis) is 1. The van der Waals surface area contributed by atoms with Crippen LogP contribution in [0.2, 0.25) is 0 Å². The Hall–Kier alpha value is -3.35. The lowest BCUT2D eigenvalue weighted by atomic mass is 9.89. The number of fused-ring (bicyclic) bond motifs is 3. The maximum Gasteiger partial charge on any atom is 0.407 e. The third-order valence-corrected chi connectivity index (χ3v) is 7.37. The molecular weight excluding hydrogens is 444 g/mol. The van der Waals surface area contributed by atoms with Gasteiger partial charge in [-0.05, 0) is 47.4 Å². The van der Waals surface area contributed by atoms with Gasteiger partial charge in [0.15, 0.2) is 0 Å². The predicted molar refractivity (Wildman–Crippen MR) is 133 cm³/mol. The van der Waals surface area contributed by atoms with Crippen LogP contribution in [-0.4, -0.2) is 52.7 Å². The van der Waals surface area contributed by atoms with Crippen LogP contribution in [0.1, 0.15) is 63.5 Å². The van der Waals surface area contributed by atoms with Gasteiger partial charge in [-0.1, -0.05) is 75.7 Å². The van der Waals surface area contributed by atoms with Crippen LogP contribution in [0.5, 0.6) is 0 Å². The zero-order chi connectivity index (χ0) is 25.2. The number of carbonyl (C=O) groups is 3. The lowest BCUT2D eigenvalue weighted by molar-refractivity contribution is -0.158. The Balaban J connectivity index is 1.47. The Labute approximate surface area is 206 Å². The average Bonchev–Trinajstić information content (AvgIpc) is 3.41. The standard InChI is InChI=1S/C28H34N2O5/c1-4-14-28(26(32)33)15-9-16-30(28)25(31)24(18(2)3)29-27(34)35-17-23-21-12-7-5-10-19(21)20-11-6-8-13-22(20)23/h5-8,10-13,18,23-24H,4,9,14-17H2,1-3H3,(H,29,34)(H,32,33)/t24-,28?/m1/s1. The minimum absolute atomic E-state index is 0.0795. The molecule has 4 rings (SSSR count). The van der Waals surface area contributed by atoms with Crippen molar-refractivity contribution >= 4 is 18.0 Å². The average molecular weight is 479 g/mol. The van der Waals surface area contributed by atoms with E-state index >= 15 is 0 Å². The fourth-order valence-electron chi connectivity index (χ4n) is 5.65. The molecule has 1 unspecified atom stereocenters. The third-order valence-electron chi connectivity index (χ3n) is 7.37. The number of hydrogen-bond acceptors (Lipinski definition) is 4. The Bertz CT molecular complexity index is 1070. The first-order valence-electron chi connectivity index (χ1n) is 12.5. The summed E-state index contributed by atoms with van der Waals surface area (Å²) in [6.45, 7) is 6.12. The van der Waals surface area contributed by atoms with Gasteiger partial charge in [0.2, 0.25) is 5.91 Å². The summed E-state index contributed by atoms with van der Waals surface area (Å²) in [5.41, 5.74) is 3.30. The Morgan fingerprint density at radius 1 is 1.09 bits per heavy atom. The molecule has 186 valence electrons. The van der Waals surface area contributed by atoms with Crippen molar-refractivity contribution in [2.24, 2.45) is 5.92 Å². The van der Waals surface area contributed by atoms with Gasteiger partial charge >= 0.3 is 12.1 Å². The van der Waals surface area contributed by atoms with E-state index in [0.717, 1.165) is 22.3 Å². The summed E-state index contributed by atoms with van der Waals surface area (Å²) in [5, 5.41) is 12.7. The molecule has 2 aliphatic rings. The number of carboxylic acids is 1. The first-order valence-corrected chi connectivity index (χ1v) is 12.5. The molecule has 0 spiro atoms. The molecule has 1 aliphatic carbocycles. The molecule has 0 saturated carbocycles. The van der Waals surface area contributed by atoms with Crippen LogP contribution in [0.15, 0.2) is 48.5 Å². The molecule has 1 saturated heterocycles. The smallest absolute Gasteiger partial charge is 0.407 e. The molecule has 1 aliphatic heterocycles. The van der Waals surface area contributed by atoms with Crippen LogP contribution in [0.3, 0.4) is 0 Å². The highest BCUT2D eigenvalue weighted by molar-refractivity contribution is 5.92. The maximum atomic E-state index is 13.5. The monoisotopic (exact) mass is 478 g/mol. The molecule has 0 radical (unpaired) electrons. The number of rotatable bonds is 8. The van der Waals surface area contributed by atoms with Crippen molar-refractivity contribution in [3.8, 4) is 11.1 Å². The van der Waals surface area contributed by atoms with Crippen LogP contribution >= 0.6 is 0 Å². The van der Waals surface area contributed by atoms with E-state index in [-0.39, 0.29) is 24.3 Å². The van der Waals surface area contributed by atoms with E-state index in [4.69, 9.17) is 4.74 Å². The summed E-state index contributed by atoms with van der Waals surface area (Å²) in [6.07, 6.45) is 1.44. The molecule has 1 fully saturated rings. The Kier molecular flexibility index (Phi) is 7.15. The molecule has 7 nitrogen and oxygen atoms in total. The molecular formula is C28H34N2O5. The maximum absolute atomic E-state index is 13.5. The van der Waals surface area contributed by atoms with E-state index in [1.165, 1.54) is 4.90 Å². The lowest BCUT2D eigenvalue weighted by Gasteiger charge is -2.37. The van der Waals surface area contributed by atoms with Gasteiger partial charge in [-0.3, -0.25) is 4.79 Å².